The van der Waals surface area contributed by atoms with E-state index in [1.807, 2.05) is 68.4 Å². The van der Waals surface area contributed by atoms with Crippen molar-refractivity contribution in [3.63, 3.8) is 0 Å². The minimum absolute atomic E-state index is 0.194. The molecule has 1 saturated heterocycles. The summed E-state index contributed by atoms with van der Waals surface area (Å²) in [6.45, 7) is 6.21. The number of para-hydroxylation sites is 2. The number of nitrogens with zero attached hydrogens (tertiary/aromatic N) is 1. The van der Waals surface area contributed by atoms with Gasteiger partial charge in [0.05, 0.1) is 23.7 Å². The van der Waals surface area contributed by atoms with Gasteiger partial charge < -0.3 is 25.6 Å². The first-order valence-electron chi connectivity index (χ1n) is 12.1. The maximum atomic E-state index is 13.0. The van der Waals surface area contributed by atoms with Crippen LogP contribution in [-0.4, -0.2) is 31.6 Å². The van der Waals surface area contributed by atoms with Crippen LogP contribution < -0.4 is 25.6 Å². The Morgan fingerprint density at radius 3 is 2.40 bits per heavy atom. The molecule has 0 aromatic heterocycles. The summed E-state index contributed by atoms with van der Waals surface area (Å²) in [5.74, 6) is 0.418. The molecule has 7 nitrogen and oxygen atoms in total. The molecule has 182 valence electrons. The standard InChI is InChI=1S/C28H32N4O3/c1-3-35-26-13-6-5-12-23(26)30-28(34)31-24-19-22(14-15-25(24)32-16-7-4-8-17-32)29-27(33)21-11-9-10-20(2)18-21/h5-6,9-15,18-19H,3-4,7-8,16-17H2,1-2H3,(H,29,33)(H2,30,31,34). The van der Waals surface area contributed by atoms with Gasteiger partial charge in [-0.25, -0.2) is 4.79 Å². The fourth-order valence-corrected chi connectivity index (χ4v) is 4.24. The minimum atomic E-state index is -0.377. The van der Waals surface area contributed by atoms with E-state index in [0.717, 1.165) is 37.2 Å². The number of urea groups is 1. The lowest BCUT2D eigenvalue weighted by Gasteiger charge is -2.31. The van der Waals surface area contributed by atoms with E-state index in [4.69, 9.17) is 4.74 Å². The number of aryl methyl sites for hydroxylation is 1. The fourth-order valence-electron chi connectivity index (χ4n) is 4.24. The summed E-state index contributed by atoms with van der Waals surface area (Å²) in [6, 6.07) is 20.0. The molecule has 0 saturated carbocycles. The van der Waals surface area contributed by atoms with Crippen LogP contribution in [0.4, 0.5) is 27.5 Å². The van der Waals surface area contributed by atoms with Gasteiger partial charge in [-0.15, -0.1) is 0 Å². The molecule has 3 aromatic carbocycles. The lowest BCUT2D eigenvalue weighted by Crippen LogP contribution is -2.31. The SMILES string of the molecule is CCOc1ccccc1NC(=O)Nc1cc(NC(=O)c2cccc(C)c2)ccc1N1CCCCC1. The first-order valence-corrected chi connectivity index (χ1v) is 12.1. The maximum absolute atomic E-state index is 13.0. The molecule has 0 aliphatic carbocycles. The Bertz CT molecular complexity index is 1190. The number of ether oxygens (including phenoxy) is 1. The van der Waals surface area contributed by atoms with Crippen molar-refractivity contribution in [2.24, 2.45) is 0 Å². The Kier molecular flexibility index (Phi) is 7.88. The minimum Gasteiger partial charge on any atom is -0.492 e. The maximum Gasteiger partial charge on any atom is 0.323 e. The van der Waals surface area contributed by atoms with Crippen LogP contribution in [0.1, 0.15) is 42.1 Å². The number of hydrogen-bond acceptors (Lipinski definition) is 4. The molecule has 0 radical (unpaired) electrons. The first-order chi connectivity index (χ1) is 17.0. The van der Waals surface area contributed by atoms with Gasteiger partial charge in [-0.1, -0.05) is 29.8 Å². The van der Waals surface area contributed by atoms with Gasteiger partial charge in [-0.3, -0.25) is 4.79 Å². The second-order valence-electron chi connectivity index (χ2n) is 8.61. The topological polar surface area (TPSA) is 82.7 Å². The summed E-state index contributed by atoms with van der Waals surface area (Å²) in [4.78, 5) is 28.1. The number of piperidine rings is 1. The summed E-state index contributed by atoms with van der Waals surface area (Å²) >= 11 is 0. The highest BCUT2D eigenvalue weighted by Crippen LogP contribution is 2.32. The number of amides is 3. The van der Waals surface area contributed by atoms with Crippen molar-refractivity contribution in [2.45, 2.75) is 33.1 Å². The Hall–Kier alpha value is -4.00. The molecule has 1 aliphatic rings. The van der Waals surface area contributed by atoms with Crippen molar-refractivity contribution < 1.29 is 14.3 Å². The molecule has 4 rings (SSSR count). The number of hydrogen-bond donors (Lipinski definition) is 3. The van der Waals surface area contributed by atoms with E-state index in [9.17, 15) is 9.59 Å². The fraction of sp³-hybridized carbons (Fsp3) is 0.286. The monoisotopic (exact) mass is 472 g/mol. The van der Waals surface area contributed by atoms with Crippen molar-refractivity contribution in [3.05, 3.63) is 77.9 Å². The molecule has 3 amide bonds. The van der Waals surface area contributed by atoms with E-state index in [2.05, 4.69) is 20.9 Å². The van der Waals surface area contributed by atoms with E-state index in [1.165, 1.54) is 6.42 Å². The molecule has 3 aromatic rings. The van der Waals surface area contributed by atoms with Gasteiger partial charge in [0.2, 0.25) is 0 Å². The molecular weight excluding hydrogens is 440 g/mol. The largest absolute Gasteiger partial charge is 0.492 e. The molecular formula is C28H32N4O3. The molecule has 1 heterocycles. The Balaban J connectivity index is 1.56. The van der Waals surface area contributed by atoms with E-state index in [-0.39, 0.29) is 11.9 Å². The van der Waals surface area contributed by atoms with Crippen molar-refractivity contribution in [1.82, 2.24) is 0 Å². The van der Waals surface area contributed by atoms with Crippen LogP contribution in [0, 0.1) is 6.92 Å². The quantitative estimate of drug-likeness (QED) is 0.378. The smallest absolute Gasteiger partial charge is 0.323 e. The normalized spacial score (nSPS) is 13.1. The number of rotatable bonds is 7. The molecule has 0 atom stereocenters. The van der Waals surface area contributed by atoms with Gasteiger partial charge in [0.25, 0.3) is 5.91 Å². The van der Waals surface area contributed by atoms with E-state index < -0.39 is 0 Å². The molecule has 35 heavy (non-hydrogen) atoms. The van der Waals surface area contributed by atoms with Crippen LogP contribution in [0.15, 0.2) is 66.7 Å². The number of anilines is 4. The van der Waals surface area contributed by atoms with Crippen molar-refractivity contribution in [1.29, 1.82) is 0 Å². The molecule has 3 N–H and O–H groups in total. The third-order valence-electron chi connectivity index (χ3n) is 5.91. The summed E-state index contributed by atoms with van der Waals surface area (Å²) in [5, 5.41) is 8.83. The third-order valence-corrected chi connectivity index (χ3v) is 5.91. The summed E-state index contributed by atoms with van der Waals surface area (Å²) in [6.07, 6.45) is 3.43. The Morgan fingerprint density at radius 2 is 1.63 bits per heavy atom. The number of carbonyl (C=O) groups excluding carboxylic acids is 2. The summed E-state index contributed by atoms with van der Waals surface area (Å²) < 4.78 is 5.62. The number of benzene rings is 3. The van der Waals surface area contributed by atoms with Gasteiger partial charge in [-0.05, 0) is 75.6 Å². The van der Waals surface area contributed by atoms with Crippen molar-refractivity contribution in [3.8, 4) is 5.75 Å². The average molecular weight is 473 g/mol. The highest BCUT2D eigenvalue weighted by atomic mass is 16.5. The van der Waals surface area contributed by atoms with E-state index in [0.29, 0.717) is 35.0 Å². The van der Waals surface area contributed by atoms with Crippen LogP contribution in [-0.2, 0) is 0 Å². The van der Waals surface area contributed by atoms with Crippen LogP contribution >= 0.6 is 0 Å². The van der Waals surface area contributed by atoms with Gasteiger partial charge in [0, 0.05) is 24.3 Å². The third kappa shape index (κ3) is 6.32. The predicted molar refractivity (Wildman–Crippen MR) is 142 cm³/mol. The van der Waals surface area contributed by atoms with Gasteiger partial charge in [0.1, 0.15) is 5.75 Å². The predicted octanol–water partition coefficient (Wildman–Crippen LogP) is 6.28. The second kappa shape index (κ2) is 11.4. The lowest BCUT2D eigenvalue weighted by molar-refractivity contribution is 0.102. The van der Waals surface area contributed by atoms with Crippen LogP contribution in [0.25, 0.3) is 0 Å². The highest BCUT2D eigenvalue weighted by molar-refractivity contribution is 6.06. The Labute approximate surface area is 206 Å². The molecule has 0 spiro atoms. The zero-order valence-electron chi connectivity index (χ0n) is 20.3. The van der Waals surface area contributed by atoms with Gasteiger partial charge >= 0.3 is 6.03 Å². The van der Waals surface area contributed by atoms with E-state index in [1.54, 1.807) is 12.1 Å². The van der Waals surface area contributed by atoms with Crippen LogP contribution in [0.2, 0.25) is 0 Å². The molecule has 0 bridgehead atoms. The molecule has 7 heteroatoms. The molecule has 1 fully saturated rings. The zero-order chi connectivity index (χ0) is 24.6. The highest BCUT2D eigenvalue weighted by Gasteiger charge is 2.18. The van der Waals surface area contributed by atoms with Crippen molar-refractivity contribution >= 4 is 34.7 Å². The zero-order valence-corrected chi connectivity index (χ0v) is 20.3. The van der Waals surface area contributed by atoms with Crippen LogP contribution in [0.3, 0.4) is 0 Å². The number of carbonyl (C=O) groups is 2. The summed E-state index contributed by atoms with van der Waals surface area (Å²) in [5.41, 5.74) is 4.39. The van der Waals surface area contributed by atoms with E-state index >= 15 is 0 Å². The molecule has 1 aliphatic heterocycles. The Morgan fingerprint density at radius 1 is 0.857 bits per heavy atom. The molecule has 0 unspecified atom stereocenters. The van der Waals surface area contributed by atoms with Gasteiger partial charge in [-0.2, -0.15) is 0 Å². The lowest BCUT2D eigenvalue weighted by atomic mass is 10.1. The van der Waals surface area contributed by atoms with Crippen molar-refractivity contribution in [2.75, 3.05) is 40.5 Å². The average Bonchev–Trinajstić information content (AvgIpc) is 2.86. The van der Waals surface area contributed by atoms with Gasteiger partial charge in [0.15, 0.2) is 0 Å². The number of nitrogens with one attached hydrogen (secondary N) is 3. The first kappa shape index (κ1) is 24.1. The van der Waals surface area contributed by atoms with Crippen LogP contribution in [0.5, 0.6) is 5.75 Å². The second-order valence-corrected chi connectivity index (χ2v) is 8.61. The summed E-state index contributed by atoms with van der Waals surface area (Å²) in [7, 11) is 0.